The van der Waals surface area contributed by atoms with Gasteiger partial charge in [0, 0.05) is 0 Å². The molecule has 0 aliphatic carbocycles. The lowest BCUT2D eigenvalue weighted by atomic mass is 10.3. The van der Waals surface area contributed by atoms with Gasteiger partial charge in [0.25, 0.3) is 0 Å². The number of thioether (sulfide) groups is 1. The molecule has 12 heteroatoms. The van der Waals surface area contributed by atoms with Crippen molar-refractivity contribution in [2.75, 3.05) is 11.9 Å². The number of carbonyl (C=O) groups is 2. The number of carbonyl (C=O) groups excluding carboxylic acids is 2. The van der Waals surface area contributed by atoms with Gasteiger partial charge in [-0.25, -0.2) is 4.98 Å². The molecule has 1 rings (SSSR count). The van der Waals surface area contributed by atoms with Crippen LogP contribution < -0.4 is 5.32 Å². The quantitative estimate of drug-likeness (QED) is 0.304. The number of rotatable bonds is 7. The number of hydrogen-bond acceptors (Lipinski definition) is 8. The van der Waals surface area contributed by atoms with Gasteiger partial charge in [0.2, 0.25) is 5.78 Å². The maximum absolute atomic E-state index is 12.2. The molecule has 3 N–H and O–H groups in total. The van der Waals surface area contributed by atoms with Crippen LogP contribution in [0.2, 0.25) is 0 Å². The molecule has 0 fully saturated rings. The summed E-state index contributed by atoms with van der Waals surface area (Å²) in [6.45, 7) is -0.574. The van der Waals surface area contributed by atoms with Crippen LogP contribution in [0, 0.1) is 10.8 Å². The van der Waals surface area contributed by atoms with Crippen molar-refractivity contribution in [3.63, 3.8) is 0 Å². The van der Waals surface area contributed by atoms with Crippen LogP contribution in [-0.4, -0.2) is 41.4 Å². The molecule has 1 aromatic heterocycles. The van der Waals surface area contributed by atoms with Crippen LogP contribution in [-0.2, 0) is 9.53 Å². The van der Waals surface area contributed by atoms with Crippen LogP contribution in [0.1, 0.15) is 9.67 Å². The summed E-state index contributed by atoms with van der Waals surface area (Å²) in [5.74, 6) is -3.56. The van der Waals surface area contributed by atoms with Crippen LogP contribution in [0.25, 0.3) is 0 Å². The van der Waals surface area contributed by atoms with Crippen molar-refractivity contribution in [1.29, 1.82) is 10.8 Å². The molecule has 114 valence electrons. The maximum atomic E-state index is 12.2. The predicted octanol–water partition coefficient (Wildman–Crippen LogP) is 2.15. The van der Waals surface area contributed by atoms with Crippen LogP contribution in [0.3, 0.4) is 0 Å². The standard InChI is InChI=1S/C9H7F3N4O3S2/c10-9(11,12)7(18)15-6-5(4(17)1-19-2-13)21-8(16-6)20-3-14/h2-3,13-14H,1H2,(H,15,18). The van der Waals surface area contributed by atoms with E-state index in [1.807, 2.05) is 0 Å². The van der Waals surface area contributed by atoms with Gasteiger partial charge in [-0.15, -0.1) is 11.3 Å². The number of halogens is 3. The first-order chi connectivity index (χ1) is 9.79. The van der Waals surface area contributed by atoms with E-state index in [1.54, 1.807) is 0 Å². The Balaban J connectivity index is 3.04. The minimum atomic E-state index is -5.12. The molecule has 21 heavy (non-hydrogen) atoms. The number of aromatic nitrogens is 1. The number of ketones is 1. The second kappa shape index (κ2) is 7.17. The van der Waals surface area contributed by atoms with Crippen molar-refractivity contribution in [1.82, 2.24) is 4.98 Å². The van der Waals surface area contributed by atoms with E-state index >= 15 is 0 Å². The Morgan fingerprint density at radius 2 is 2.10 bits per heavy atom. The first-order valence-electron chi connectivity index (χ1n) is 4.98. The number of nitrogens with zero attached hydrogens (tertiary/aromatic N) is 1. The second-order valence-corrected chi connectivity index (χ2v) is 5.31. The minimum absolute atomic E-state index is 0.112. The number of hydrogen-bond donors (Lipinski definition) is 3. The van der Waals surface area contributed by atoms with E-state index in [4.69, 9.17) is 10.8 Å². The van der Waals surface area contributed by atoms with E-state index in [0.717, 1.165) is 17.3 Å². The molecule has 0 unspecified atom stereocenters. The van der Waals surface area contributed by atoms with Gasteiger partial charge >= 0.3 is 12.1 Å². The summed E-state index contributed by atoms with van der Waals surface area (Å²) in [5.41, 5.74) is 0.872. The molecule has 0 radical (unpaired) electrons. The van der Waals surface area contributed by atoms with Crippen molar-refractivity contribution in [2.24, 2.45) is 0 Å². The highest BCUT2D eigenvalue weighted by atomic mass is 32.2. The zero-order valence-corrected chi connectivity index (χ0v) is 11.6. The number of nitrogens with one attached hydrogen (secondary N) is 3. The lowest BCUT2D eigenvalue weighted by molar-refractivity contribution is -0.167. The fraction of sp³-hybridized carbons (Fsp3) is 0.222. The Labute approximate surface area is 123 Å². The number of amides is 1. The summed E-state index contributed by atoms with van der Waals surface area (Å²) in [7, 11) is 0. The highest BCUT2D eigenvalue weighted by Gasteiger charge is 2.39. The van der Waals surface area contributed by atoms with Crippen LogP contribution in [0.4, 0.5) is 19.0 Å². The van der Waals surface area contributed by atoms with E-state index in [0.29, 0.717) is 17.7 Å². The van der Waals surface area contributed by atoms with Gasteiger partial charge in [-0.2, -0.15) is 13.2 Å². The molecule has 0 saturated heterocycles. The normalized spacial score (nSPS) is 10.8. The van der Waals surface area contributed by atoms with Gasteiger partial charge in [-0.05, 0) is 11.8 Å². The fourth-order valence-electron chi connectivity index (χ4n) is 1.04. The van der Waals surface area contributed by atoms with Gasteiger partial charge in [-0.3, -0.25) is 15.0 Å². The molecule has 0 atom stereocenters. The third kappa shape index (κ3) is 4.82. The summed E-state index contributed by atoms with van der Waals surface area (Å²) in [5, 5.41) is 15.0. The summed E-state index contributed by atoms with van der Waals surface area (Å²) in [6, 6.07) is 0. The van der Waals surface area contributed by atoms with E-state index < -0.39 is 30.3 Å². The molecule has 1 aromatic rings. The maximum Gasteiger partial charge on any atom is 0.471 e. The third-order valence-corrected chi connectivity index (χ3v) is 3.65. The van der Waals surface area contributed by atoms with Crippen molar-refractivity contribution in [2.45, 2.75) is 10.5 Å². The molecule has 0 aromatic carbocycles. The van der Waals surface area contributed by atoms with Crippen molar-refractivity contribution >= 4 is 52.6 Å². The number of anilines is 1. The Morgan fingerprint density at radius 1 is 1.43 bits per heavy atom. The summed E-state index contributed by atoms with van der Waals surface area (Å²) in [6.07, 6.45) is -4.62. The first-order valence-corrected chi connectivity index (χ1v) is 6.67. The van der Waals surface area contributed by atoms with Crippen molar-refractivity contribution in [3.05, 3.63) is 4.88 Å². The van der Waals surface area contributed by atoms with Crippen LogP contribution in [0.5, 0.6) is 0 Å². The largest absolute Gasteiger partial charge is 0.476 e. The monoisotopic (exact) mass is 340 g/mol. The summed E-state index contributed by atoms with van der Waals surface area (Å²) < 4.78 is 41.2. The zero-order chi connectivity index (χ0) is 16.0. The molecule has 0 aliphatic heterocycles. The van der Waals surface area contributed by atoms with Crippen LogP contribution in [0.15, 0.2) is 4.34 Å². The number of alkyl halides is 3. The van der Waals surface area contributed by atoms with Gasteiger partial charge < -0.3 is 15.5 Å². The lowest BCUT2D eigenvalue weighted by Gasteiger charge is -2.06. The van der Waals surface area contributed by atoms with E-state index in [-0.39, 0.29) is 9.22 Å². The van der Waals surface area contributed by atoms with Crippen molar-refractivity contribution in [3.8, 4) is 0 Å². The topological polar surface area (TPSA) is 116 Å². The van der Waals surface area contributed by atoms with Gasteiger partial charge in [0.1, 0.15) is 4.88 Å². The van der Waals surface area contributed by atoms with Gasteiger partial charge in [-0.1, -0.05) is 0 Å². The number of ether oxygens (including phenoxy) is 1. The smallest absolute Gasteiger partial charge is 0.471 e. The average molecular weight is 340 g/mol. The van der Waals surface area contributed by atoms with Gasteiger partial charge in [0.15, 0.2) is 23.2 Å². The van der Waals surface area contributed by atoms with Crippen LogP contribution >= 0.6 is 23.1 Å². The Bertz CT molecular complexity index is 573. The first kappa shape index (κ1) is 17.1. The fourth-order valence-corrected chi connectivity index (χ4v) is 2.55. The molecule has 1 heterocycles. The molecule has 7 nitrogen and oxygen atoms in total. The zero-order valence-electron chi connectivity index (χ0n) is 9.98. The Hall–Kier alpha value is -1.95. The highest BCUT2D eigenvalue weighted by molar-refractivity contribution is 8.13. The van der Waals surface area contributed by atoms with E-state index in [9.17, 15) is 22.8 Å². The summed E-state index contributed by atoms with van der Waals surface area (Å²) >= 11 is 1.47. The number of Topliss-reactive ketones (excluding diaryl/α,β-unsaturated/α-hetero) is 1. The Morgan fingerprint density at radius 3 is 2.62 bits per heavy atom. The molecular formula is C9H7F3N4O3S2. The predicted molar refractivity (Wildman–Crippen MR) is 70.5 cm³/mol. The number of thiazole rings is 1. The van der Waals surface area contributed by atoms with Crippen molar-refractivity contribution < 1.29 is 27.5 Å². The third-order valence-electron chi connectivity index (χ3n) is 1.81. The lowest BCUT2D eigenvalue weighted by Crippen LogP contribution is -2.30. The average Bonchev–Trinajstić information content (AvgIpc) is 2.78. The van der Waals surface area contributed by atoms with Gasteiger partial charge in [0.05, 0.1) is 5.55 Å². The SMILES string of the molecule is N=COCC(=O)c1sc(SC=N)nc1NC(=O)C(F)(F)F. The molecule has 0 spiro atoms. The molecule has 1 amide bonds. The molecular weight excluding hydrogens is 333 g/mol. The summed E-state index contributed by atoms with van der Waals surface area (Å²) in [4.78, 5) is 26.0. The van der Waals surface area contributed by atoms with E-state index in [2.05, 4.69) is 9.72 Å². The molecule has 0 bridgehead atoms. The molecule has 0 aliphatic rings. The van der Waals surface area contributed by atoms with E-state index in [1.165, 1.54) is 5.32 Å². The second-order valence-electron chi connectivity index (χ2n) is 3.20. The molecule has 0 saturated carbocycles. The Kier molecular flexibility index (Phi) is 5.84. The minimum Gasteiger partial charge on any atom is -0.476 e. The highest BCUT2D eigenvalue weighted by Crippen LogP contribution is 2.31.